The molecule has 0 heterocycles. The van der Waals surface area contributed by atoms with Gasteiger partial charge in [-0.05, 0) is 24.3 Å². The summed E-state index contributed by atoms with van der Waals surface area (Å²) in [7, 11) is 1.59. The van der Waals surface area contributed by atoms with Gasteiger partial charge in [-0.1, -0.05) is 6.07 Å². The van der Waals surface area contributed by atoms with Crippen molar-refractivity contribution in [2.45, 2.75) is 0 Å². The van der Waals surface area contributed by atoms with Gasteiger partial charge in [-0.15, -0.1) is 0 Å². The highest BCUT2D eigenvalue weighted by molar-refractivity contribution is 5.57. The van der Waals surface area contributed by atoms with E-state index in [1.165, 1.54) is 0 Å². The van der Waals surface area contributed by atoms with E-state index < -0.39 is 0 Å². The number of nitrogens with two attached hydrogens (primary N) is 1. The Kier molecular flexibility index (Phi) is 3.35. The van der Waals surface area contributed by atoms with Crippen molar-refractivity contribution < 1.29 is 9.47 Å². The van der Waals surface area contributed by atoms with Gasteiger partial charge in [0.05, 0.1) is 24.4 Å². The summed E-state index contributed by atoms with van der Waals surface area (Å²) in [5.74, 6) is 1.76. The van der Waals surface area contributed by atoms with Crippen LogP contribution in [0.3, 0.4) is 0 Å². The molecule has 90 valence electrons. The molecule has 0 unspecified atom stereocenters. The molecule has 0 aliphatic heterocycles. The average Bonchev–Trinajstić information content (AvgIpc) is 2.41. The van der Waals surface area contributed by atoms with Crippen molar-refractivity contribution in [3.8, 4) is 23.3 Å². The molecule has 0 fully saturated rings. The molecule has 0 spiro atoms. The zero-order valence-corrected chi connectivity index (χ0v) is 9.88. The van der Waals surface area contributed by atoms with Crippen molar-refractivity contribution in [2.24, 2.45) is 0 Å². The average molecular weight is 240 g/mol. The first-order valence-corrected chi connectivity index (χ1v) is 5.34. The van der Waals surface area contributed by atoms with Crippen LogP contribution in [0.1, 0.15) is 5.56 Å². The SMILES string of the molecule is COc1cccc(Oc2cc(C#N)ccc2N)c1. The fraction of sp³-hybridized carbons (Fsp3) is 0.0714. The highest BCUT2D eigenvalue weighted by Crippen LogP contribution is 2.30. The van der Waals surface area contributed by atoms with Crippen molar-refractivity contribution in [2.75, 3.05) is 12.8 Å². The number of hydrogen-bond acceptors (Lipinski definition) is 4. The third-order valence-electron chi connectivity index (χ3n) is 2.41. The lowest BCUT2D eigenvalue weighted by Crippen LogP contribution is -1.93. The molecule has 0 aliphatic rings. The third-order valence-corrected chi connectivity index (χ3v) is 2.41. The van der Waals surface area contributed by atoms with E-state index in [0.29, 0.717) is 28.5 Å². The monoisotopic (exact) mass is 240 g/mol. The lowest BCUT2D eigenvalue weighted by atomic mass is 10.2. The van der Waals surface area contributed by atoms with Gasteiger partial charge in [-0.3, -0.25) is 0 Å². The summed E-state index contributed by atoms with van der Waals surface area (Å²) in [6.45, 7) is 0. The van der Waals surface area contributed by atoms with Crippen LogP contribution >= 0.6 is 0 Å². The molecule has 2 N–H and O–H groups in total. The first-order chi connectivity index (χ1) is 8.72. The molecule has 0 radical (unpaired) electrons. The predicted octanol–water partition coefficient (Wildman–Crippen LogP) is 2.94. The van der Waals surface area contributed by atoms with E-state index in [-0.39, 0.29) is 0 Å². The van der Waals surface area contributed by atoms with Crippen LogP contribution in [0.2, 0.25) is 0 Å². The van der Waals surface area contributed by atoms with Crippen molar-refractivity contribution in [3.05, 3.63) is 48.0 Å². The lowest BCUT2D eigenvalue weighted by Gasteiger charge is -2.09. The summed E-state index contributed by atoms with van der Waals surface area (Å²) in [4.78, 5) is 0. The molecule has 0 saturated heterocycles. The third kappa shape index (κ3) is 2.53. The molecule has 4 heteroatoms. The Morgan fingerprint density at radius 2 is 1.89 bits per heavy atom. The molecule has 4 nitrogen and oxygen atoms in total. The minimum absolute atomic E-state index is 0.460. The van der Waals surface area contributed by atoms with Crippen LogP contribution in [0.4, 0.5) is 5.69 Å². The molecule has 0 bridgehead atoms. The number of ether oxygens (including phenoxy) is 2. The number of benzene rings is 2. The van der Waals surface area contributed by atoms with E-state index in [9.17, 15) is 0 Å². The minimum Gasteiger partial charge on any atom is -0.497 e. The quantitative estimate of drug-likeness (QED) is 0.837. The molecular formula is C14H12N2O2. The lowest BCUT2D eigenvalue weighted by molar-refractivity contribution is 0.409. The summed E-state index contributed by atoms with van der Waals surface area (Å²) >= 11 is 0. The summed E-state index contributed by atoms with van der Waals surface area (Å²) in [6, 6.07) is 14.1. The Bertz CT molecular complexity index is 603. The molecular weight excluding hydrogens is 228 g/mol. The van der Waals surface area contributed by atoms with Crippen LogP contribution in [0.25, 0.3) is 0 Å². The zero-order valence-electron chi connectivity index (χ0n) is 9.88. The summed E-state index contributed by atoms with van der Waals surface area (Å²) in [5.41, 5.74) is 6.78. The van der Waals surface area contributed by atoms with Gasteiger partial charge in [0.1, 0.15) is 11.5 Å². The van der Waals surface area contributed by atoms with Gasteiger partial charge in [-0.25, -0.2) is 0 Å². The Labute approximate surface area is 105 Å². The van der Waals surface area contributed by atoms with Gasteiger partial charge in [-0.2, -0.15) is 5.26 Å². The van der Waals surface area contributed by atoms with Crippen molar-refractivity contribution in [1.82, 2.24) is 0 Å². The topological polar surface area (TPSA) is 68.3 Å². The predicted molar refractivity (Wildman–Crippen MR) is 68.6 cm³/mol. The normalized spacial score (nSPS) is 9.56. The fourth-order valence-electron chi connectivity index (χ4n) is 1.48. The maximum absolute atomic E-state index is 8.83. The second kappa shape index (κ2) is 5.11. The zero-order chi connectivity index (χ0) is 13.0. The minimum atomic E-state index is 0.460. The van der Waals surface area contributed by atoms with E-state index in [0.717, 1.165) is 0 Å². The molecule has 2 aromatic rings. The number of nitriles is 1. The highest BCUT2D eigenvalue weighted by Gasteiger charge is 2.04. The van der Waals surface area contributed by atoms with Gasteiger partial charge in [0.15, 0.2) is 5.75 Å². The molecule has 0 atom stereocenters. The van der Waals surface area contributed by atoms with E-state index in [1.54, 1.807) is 37.4 Å². The standard InChI is InChI=1S/C14H12N2O2/c1-17-11-3-2-4-12(8-11)18-14-7-10(9-15)5-6-13(14)16/h2-8H,16H2,1H3. The van der Waals surface area contributed by atoms with Crippen molar-refractivity contribution in [1.29, 1.82) is 5.26 Å². The highest BCUT2D eigenvalue weighted by atomic mass is 16.5. The maximum Gasteiger partial charge on any atom is 0.151 e. The van der Waals surface area contributed by atoms with Gasteiger partial charge in [0.2, 0.25) is 0 Å². The van der Waals surface area contributed by atoms with E-state index in [1.807, 2.05) is 18.2 Å². The van der Waals surface area contributed by atoms with Gasteiger partial charge in [0, 0.05) is 12.1 Å². The number of nitrogens with zero attached hydrogens (tertiary/aromatic N) is 1. The largest absolute Gasteiger partial charge is 0.497 e. The molecule has 18 heavy (non-hydrogen) atoms. The molecule has 0 aliphatic carbocycles. The Balaban J connectivity index is 2.30. The fourth-order valence-corrected chi connectivity index (χ4v) is 1.48. The van der Waals surface area contributed by atoms with Crippen molar-refractivity contribution in [3.63, 3.8) is 0 Å². The molecule has 0 saturated carbocycles. The first-order valence-electron chi connectivity index (χ1n) is 5.34. The molecule has 2 aromatic carbocycles. The van der Waals surface area contributed by atoms with Crippen LogP contribution in [0.15, 0.2) is 42.5 Å². The maximum atomic E-state index is 8.83. The van der Waals surface area contributed by atoms with Gasteiger partial charge < -0.3 is 15.2 Å². The number of nitrogen functional groups attached to an aromatic ring is 1. The summed E-state index contributed by atoms with van der Waals surface area (Å²) < 4.78 is 10.7. The van der Waals surface area contributed by atoms with E-state index in [2.05, 4.69) is 0 Å². The Hall–Kier alpha value is -2.67. The van der Waals surface area contributed by atoms with Gasteiger partial charge in [0.25, 0.3) is 0 Å². The van der Waals surface area contributed by atoms with Crippen molar-refractivity contribution >= 4 is 5.69 Å². The van der Waals surface area contributed by atoms with Crippen LogP contribution in [0, 0.1) is 11.3 Å². The van der Waals surface area contributed by atoms with E-state index in [4.69, 9.17) is 20.5 Å². The number of methoxy groups -OCH3 is 1. The summed E-state index contributed by atoms with van der Waals surface area (Å²) in [6.07, 6.45) is 0. The second-order valence-electron chi connectivity index (χ2n) is 3.65. The number of rotatable bonds is 3. The molecule has 0 amide bonds. The number of hydrogen-bond donors (Lipinski definition) is 1. The molecule has 2 rings (SSSR count). The van der Waals surface area contributed by atoms with Crippen LogP contribution in [0.5, 0.6) is 17.2 Å². The van der Waals surface area contributed by atoms with E-state index >= 15 is 0 Å². The van der Waals surface area contributed by atoms with Crippen LogP contribution < -0.4 is 15.2 Å². The Morgan fingerprint density at radius 1 is 1.11 bits per heavy atom. The van der Waals surface area contributed by atoms with Crippen LogP contribution in [-0.4, -0.2) is 7.11 Å². The smallest absolute Gasteiger partial charge is 0.151 e. The first kappa shape index (κ1) is 11.8. The van der Waals surface area contributed by atoms with Crippen LogP contribution in [-0.2, 0) is 0 Å². The molecule has 0 aromatic heterocycles. The second-order valence-corrected chi connectivity index (χ2v) is 3.65. The summed E-state index contributed by atoms with van der Waals surface area (Å²) in [5, 5.41) is 8.83. The van der Waals surface area contributed by atoms with Gasteiger partial charge >= 0.3 is 0 Å². The number of anilines is 1. The Morgan fingerprint density at radius 3 is 2.61 bits per heavy atom.